The Hall–Kier alpha value is -1.84. The summed E-state index contributed by atoms with van der Waals surface area (Å²) in [4.78, 5) is 28.2. The highest BCUT2D eigenvalue weighted by molar-refractivity contribution is 5.84. The fourth-order valence-electron chi connectivity index (χ4n) is 3.67. The van der Waals surface area contributed by atoms with Crippen molar-refractivity contribution < 1.29 is 9.59 Å². The van der Waals surface area contributed by atoms with E-state index in [0.717, 1.165) is 25.8 Å². The third-order valence-electron chi connectivity index (χ3n) is 4.96. The summed E-state index contributed by atoms with van der Waals surface area (Å²) in [6.45, 7) is 3.25. The van der Waals surface area contributed by atoms with Crippen LogP contribution in [0.5, 0.6) is 0 Å². The Balaban J connectivity index is 1.65. The summed E-state index contributed by atoms with van der Waals surface area (Å²) in [7, 11) is 0. The molecule has 1 fully saturated rings. The van der Waals surface area contributed by atoms with Crippen LogP contribution in [0.1, 0.15) is 43.7 Å². The molecule has 0 unspecified atom stereocenters. The highest BCUT2D eigenvalue weighted by Crippen LogP contribution is 2.24. The Morgan fingerprint density at radius 2 is 1.86 bits per heavy atom. The molecule has 22 heavy (non-hydrogen) atoms. The van der Waals surface area contributed by atoms with Gasteiger partial charge in [-0.3, -0.25) is 9.59 Å². The van der Waals surface area contributed by atoms with Gasteiger partial charge in [-0.15, -0.1) is 0 Å². The number of amides is 2. The Labute approximate surface area is 132 Å². The SMILES string of the molecule is CC(=O)N(CC(=O)N1CCc2ccccc2C1)C1CCCC1. The molecule has 2 amide bonds. The van der Waals surface area contributed by atoms with E-state index in [1.165, 1.54) is 24.0 Å². The summed E-state index contributed by atoms with van der Waals surface area (Å²) in [5.41, 5.74) is 2.57. The van der Waals surface area contributed by atoms with E-state index >= 15 is 0 Å². The maximum absolute atomic E-state index is 12.6. The molecule has 1 aromatic carbocycles. The predicted octanol–water partition coefficient (Wildman–Crippen LogP) is 2.36. The number of hydrogen-bond acceptors (Lipinski definition) is 2. The first-order valence-electron chi connectivity index (χ1n) is 8.27. The fraction of sp³-hybridized carbons (Fsp3) is 0.556. The van der Waals surface area contributed by atoms with Gasteiger partial charge in [0.2, 0.25) is 11.8 Å². The fourth-order valence-corrected chi connectivity index (χ4v) is 3.67. The minimum Gasteiger partial charge on any atom is -0.336 e. The van der Waals surface area contributed by atoms with Crippen LogP contribution in [0.15, 0.2) is 24.3 Å². The van der Waals surface area contributed by atoms with Gasteiger partial charge in [0.25, 0.3) is 0 Å². The van der Waals surface area contributed by atoms with Crippen molar-refractivity contribution in [3.63, 3.8) is 0 Å². The smallest absolute Gasteiger partial charge is 0.242 e. The molecule has 2 aliphatic rings. The zero-order chi connectivity index (χ0) is 15.5. The summed E-state index contributed by atoms with van der Waals surface area (Å²) in [6, 6.07) is 8.56. The van der Waals surface area contributed by atoms with Crippen molar-refractivity contribution in [2.45, 2.75) is 51.6 Å². The Morgan fingerprint density at radius 1 is 1.18 bits per heavy atom. The molecule has 1 aromatic rings. The van der Waals surface area contributed by atoms with Crippen molar-refractivity contribution in [3.05, 3.63) is 35.4 Å². The maximum Gasteiger partial charge on any atom is 0.242 e. The molecule has 118 valence electrons. The van der Waals surface area contributed by atoms with E-state index in [9.17, 15) is 9.59 Å². The van der Waals surface area contributed by atoms with Gasteiger partial charge in [-0.25, -0.2) is 0 Å². The molecule has 1 aliphatic heterocycles. The van der Waals surface area contributed by atoms with Gasteiger partial charge in [0.05, 0.1) is 0 Å². The van der Waals surface area contributed by atoms with Crippen molar-refractivity contribution in [1.29, 1.82) is 0 Å². The van der Waals surface area contributed by atoms with Crippen LogP contribution < -0.4 is 0 Å². The molecule has 0 saturated heterocycles. The summed E-state index contributed by atoms with van der Waals surface area (Å²) in [6.07, 6.45) is 5.32. The number of rotatable bonds is 3. The summed E-state index contributed by atoms with van der Waals surface area (Å²) < 4.78 is 0. The van der Waals surface area contributed by atoms with Crippen LogP contribution in [-0.2, 0) is 22.6 Å². The van der Waals surface area contributed by atoms with Gasteiger partial charge >= 0.3 is 0 Å². The lowest BCUT2D eigenvalue weighted by atomic mass is 10.00. The third kappa shape index (κ3) is 3.16. The summed E-state index contributed by atoms with van der Waals surface area (Å²) >= 11 is 0. The van der Waals surface area contributed by atoms with Crippen molar-refractivity contribution >= 4 is 11.8 Å². The number of nitrogens with zero attached hydrogens (tertiary/aromatic N) is 2. The van der Waals surface area contributed by atoms with Crippen LogP contribution in [0.4, 0.5) is 0 Å². The molecule has 0 spiro atoms. The van der Waals surface area contributed by atoms with Gasteiger partial charge in [-0.2, -0.15) is 0 Å². The highest BCUT2D eigenvalue weighted by Gasteiger charge is 2.29. The van der Waals surface area contributed by atoms with E-state index in [2.05, 4.69) is 12.1 Å². The normalized spacial score (nSPS) is 18.1. The molecule has 1 heterocycles. The third-order valence-corrected chi connectivity index (χ3v) is 4.96. The molecular weight excluding hydrogens is 276 g/mol. The summed E-state index contributed by atoms with van der Waals surface area (Å²) in [5, 5.41) is 0. The number of hydrogen-bond donors (Lipinski definition) is 0. The highest BCUT2D eigenvalue weighted by atomic mass is 16.2. The molecule has 0 aromatic heterocycles. The molecule has 4 heteroatoms. The van der Waals surface area contributed by atoms with Gasteiger partial charge in [-0.05, 0) is 30.4 Å². The van der Waals surface area contributed by atoms with E-state index in [1.54, 1.807) is 11.8 Å². The standard InChI is InChI=1S/C18H24N2O2/c1-14(21)20(17-8-4-5-9-17)13-18(22)19-11-10-15-6-2-3-7-16(15)12-19/h2-3,6-7,17H,4-5,8-13H2,1H3. The van der Waals surface area contributed by atoms with Crippen molar-refractivity contribution in [3.8, 4) is 0 Å². The first kappa shape index (κ1) is 15.1. The van der Waals surface area contributed by atoms with Gasteiger partial charge in [-0.1, -0.05) is 37.1 Å². The van der Waals surface area contributed by atoms with E-state index < -0.39 is 0 Å². The minimum atomic E-state index is 0.0256. The number of carbonyl (C=O) groups is 2. The Morgan fingerprint density at radius 3 is 2.55 bits per heavy atom. The second-order valence-electron chi connectivity index (χ2n) is 6.42. The molecule has 0 radical (unpaired) electrons. The Kier molecular flexibility index (Phi) is 4.46. The molecular formula is C18H24N2O2. The van der Waals surface area contributed by atoms with Crippen LogP contribution in [0.25, 0.3) is 0 Å². The first-order chi connectivity index (χ1) is 10.6. The molecule has 0 N–H and O–H groups in total. The van der Waals surface area contributed by atoms with Gasteiger partial charge in [0.1, 0.15) is 6.54 Å². The zero-order valence-corrected chi connectivity index (χ0v) is 13.3. The van der Waals surface area contributed by atoms with Gasteiger partial charge in [0.15, 0.2) is 0 Å². The topological polar surface area (TPSA) is 40.6 Å². The molecule has 1 aliphatic carbocycles. The van der Waals surface area contributed by atoms with Gasteiger partial charge in [0, 0.05) is 26.1 Å². The second-order valence-corrected chi connectivity index (χ2v) is 6.42. The molecule has 4 nitrogen and oxygen atoms in total. The Bertz CT molecular complexity index is 564. The number of carbonyl (C=O) groups excluding carboxylic acids is 2. The monoisotopic (exact) mass is 300 g/mol. The largest absolute Gasteiger partial charge is 0.336 e. The van der Waals surface area contributed by atoms with Crippen molar-refractivity contribution in [2.75, 3.05) is 13.1 Å². The maximum atomic E-state index is 12.6. The van der Waals surface area contributed by atoms with E-state index in [0.29, 0.717) is 6.54 Å². The molecule has 0 atom stereocenters. The van der Waals surface area contributed by atoms with Crippen LogP contribution in [-0.4, -0.2) is 40.7 Å². The zero-order valence-electron chi connectivity index (χ0n) is 13.3. The van der Waals surface area contributed by atoms with Crippen LogP contribution in [0.2, 0.25) is 0 Å². The van der Waals surface area contributed by atoms with Crippen LogP contribution in [0.3, 0.4) is 0 Å². The lowest BCUT2D eigenvalue weighted by Crippen LogP contribution is -2.47. The van der Waals surface area contributed by atoms with Gasteiger partial charge < -0.3 is 9.80 Å². The van der Waals surface area contributed by atoms with E-state index in [1.807, 2.05) is 17.0 Å². The second kappa shape index (κ2) is 6.51. The minimum absolute atomic E-state index is 0.0256. The van der Waals surface area contributed by atoms with E-state index in [4.69, 9.17) is 0 Å². The molecule has 1 saturated carbocycles. The van der Waals surface area contributed by atoms with Crippen molar-refractivity contribution in [2.24, 2.45) is 0 Å². The lowest BCUT2D eigenvalue weighted by molar-refractivity contribution is -0.141. The number of fused-ring (bicyclic) bond motifs is 1. The summed E-state index contributed by atoms with van der Waals surface area (Å²) in [5.74, 6) is 0.106. The quantitative estimate of drug-likeness (QED) is 0.860. The molecule has 3 rings (SSSR count). The number of benzene rings is 1. The lowest BCUT2D eigenvalue weighted by Gasteiger charge is -2.33. The van der Waals surface area contributed by atoms with Crippen LogP contribution in [0, 0.1) is 0 Å². The van der Waals surface area contributed by atoms with Crippen molar-refractivity contribution in [1.82, 2.24) is 9.80 Å². The van der Waals surface area contributed by atoms with E-state index in [-0.39, 0.29) is 24.4 Å². The average molecular weight is 300 g/mol. The first-order valence-corrected chi connectivity index (χ1v) is 8.27. The average Bonchev–Trinajstić information content (AvgIpc) is 3.05. The van der Waals surface area contributed by atoms with Crippen LogP contribution >= 0.6 is 0 Å². The molecule has 0 bridgehead atoms. The predicted molar refractivity (Wildman–Crippen MR) is 85.2 cm³/mol.